The van der Waals surface area contributed by atoms with Crippen LogP contribution in [0.25, 0.3) is 0 Å². The number of hydrogen-bond acceptors (Lipinski definition) is 4. The molecule has 0 radical (unpaired) electrons. The topological polar surface area (TPSA) is 87.5 Å². The molecule has 0 aliphatic carbocycles. The molecule has 2 aromatic carbocycles. The zero-order valence-electron chi connectivity index (χ0n) is 15.1. The second-order valence-corrected chi connectivity index (χ2v) is 6.11. The highest BCUT2D eigenvalue weighted by Crippen LogP contribution is 2.13. The van der Waals surface area contributed by atoms with E-state index in [9.17, 15) is 9.59 Å². The number of nitrogens with two attached hydrogens (primary N) is 1. The minimum atomic E-state index is -0.127. The van der Waals surface area contributed by atoms with Crippen molar-refractivity contribution in [2.24, 2.45) is 5.73 Å². The van der Waals surface area contributed by atoms with Crippen LogP contribution in [-0.2, 0) is 16.0 Å². The molecule has 0 aromatic heterocycles. The first-order valence-electron chi connectivity index (χ1n) is 8.70. The SMILES string of the molecule is CC(=O)Nc1ccc(NC(=O)CN(CCN)CCc2ccccc2)cc1. The molecule has 0 unspecified atom stereocenters. The molecule has 0 aliphatic heterocycles. The normalized spacial score (nSPS) is 10.6. The van der Waals surface area contributed by atoms with E-state index in [0.717, 1.165) is 13.0 Å². The fourth-order valence-electron chi connectivity index (χ4n) is 2.63. The molecule has 2 rings (SSSR count). The van der Waals surface area contributed by atoms with E-state index < -0.39 is 0 Å². The predicted octanol–water partition coefficient (Wildman–Crippen LogP) is 2.09. The van der Waals surface area contributed by atoms with Crippen LogP contribution >= 0.6 is 0 Å². The van der Waals surface area contributed by atoms with Crippen molar-refractivity contribution in [3.63, 3.8) is 0 Å². The molecule has 26 heavy (non-hydrogen) atoms. The predicted molar refractivity (Wildman–Crippen MR) is 105 cm³/mol. The highest BCUT2D eigenvalue weighted by molar-refractivity contribution is 5.93. The molecule has 0 heterocycles. The number of carbonyl (C=O) groups is 2. The highest BCUT2D eigenvalue weighted by atomic mass is 16.2. The number of carbonyl (C=O) groups excluding carboxylic acids is 2. The summed E-state index contributed by atoms with van der Waals surface area (Å²) in [6.07, 6.45) is 0.875. The molecule has 0 fully saturated rings. The highest BCUT2D eigenvalue weighted by Gasteiger charge is 2.10. The molecule has 2 aromatic rings. The number of nitrogens with zero attached hydrogens (tertiary/aromatic N) is 1. The van der Waals surface area contributed by atoms with Crippen LogP contribution in [0.15, 0.2) is 54.6 Å². The van der Waals surface area contributed by atoms with Gasteiger partial charge in [-0.3, -0.25) is 14.5 Å². The standard InChI is InChI=1S/C20H26N4O2/c1-16(25)22-18-7-9-19(10-8-18)23-20(26)15-24(14-12-21)13-11-17-5-3-2-4-6-17/h2-10H,11-15,21H2,1H3,(H,22,25)(H,23,26). The van der Waals surface area contributed by atoms with Gasteiger partial charge in [0.05, 0.1) is 6.54 Å². The van der Waals surface area contributed by atoms with Gasteiger partial charge in [-0.05, 0) is 36.2 Å². The van der Waals surface area contributed by atoms with Crippen LogP contribution in [0.2, 0.25) is 0 Å². The number of anilines is 2. The quantitative estimate of drug-likeness (QED) is 0.643. The van der Waals surface area contributed by atoms with Crippen LogP contribution in [-0.4, -0.2) is 42.9 Å². The maximum absolute atomic E-state index is 12.3. The fraction of sp³-hybridized carbons (Fsp3) is 0.300. The van der Waals surface area contributed by atoms with Crippen LogP contribution in [0.4, 0.5) is 11.4 Å². The third-order valence-corrected chi connectivity index (χ3v) is 3.86. The average molecular weight is 354 g/mol. The Bertz CT molecular complexity index is 702. The lowest BCUT2D eigenvalue weighted by Gasteiger charge is -2.21. The van der Waals surface area contributed by atoms with Crippen molar-refractivity contribution in [2.45, 2.75) is 13.3 Å². The molecular weight excluding hydrogens is 328 g/mol. The van der Waals surface area contributed by atoms with Crippen LogP contribution < -0.4 is 16.4 Å². The molecule has 0 saturated heterocycles. The molecule has 6 heteroatoms. The van der Waals surface area contributed by atoms with Gasteiger partial charge in [0, 0.05) is 37.9 Å². The molecular formula is C20H26N4O2. The van der Waals surface area contributed by atoms with Crippen LogP contribution in [0.1, 0.15) is 12.5 Å². The van der Waals surface area contributed by atoms with Crippen molar-refractivity contribution < 1.29 is 9.59 Å². The van der Waals surface area contributed by atoms with E-state index in [1.165, 1.54) is 12.5 Å². The molecule has 138 valence electrons. The lowest BCUT2D eigenvalue weighted by Crippen LogP contribution is -2.37. The van der Waals surface area contributed by atoms with Crippen LogP contribution in [0.3, 0.4) is 0 Å². The summed E-state index contributed by atoms with van der Waals surface area (Å²) in [6.45, 7) is 3.69. The minimum absolute atomic E-state index is 0.0845. The Morgan fingerprint density at radius 3 is 2.12 bits per heavy atom. The van der Waals surface area contributed by atoms with Gasteiger partial charge in [0.1, 0.15) is 0 Å². The maximum atomic E-state index is 12.3. The summed E-state index contributed by atoms with van der Waals surface area (Å²) in [5, 5.41) is 5.57. The largest absolute Gasteiger partial charge is 0.329 e. The summed E-state index contributed by atoms with van der Waals surface area (Å²) in [4.78, 5) is 25.4. The number of rotatable bonds is 9. The fourth-order valence-corrected chi connectivity index (χ4v) is 2.63. The summed E-state index contributed by atoms with van der Waals surface area (Å²) in [6, 6.07) is 17.2. The van der Waals surface area contributed by atoms with Gasteiger partial charge in [-0.25, -0.2) is 0 Å². The van der Waals surface area contributed by atoms with E-state index in [1.54, 1.807) is 24.3 Å². The van der Waals surface area contributed by atoms with Crippen LogP contribution in [0.5, 0.6) is 0 Å². The Balaban J connectivity index is 1.85. The van der Waals surface area contributed by atoms with Gasteiger partial charge < -0.3 is 16.4 Å². The third kappa shape index (κ3) is 7.04. The molecule has 0 atom stereocenters. The summed E-state index contributed by atoms with van der Waals surface area (Å²) in [7, 11) is 0. The molecule has 0 spiro atoms. The first-order valence-corrected chi connectivity index (χ1v) is 8.70. The Morgan fingerprint density at radius 1 is 0.923 bits per heavy atom. The van der Waals surface area contributed by atoms with Crippen molar-refractivity contribution in [1.82, 2.24) is 4.90 Å². The molecule has 0 saturated carbocycles. The van der Waals surface area contributed by atoms with E-state index in [2.05, 4.69) is 22.8 Å². The minimum Gasteiger partial charge on any atom is -0.329 e. The molecule has 0 bridgehead atoms. The third-order valence-electron chi connectivity index (χ3n) is 3.86. The van der Waals surface area contributed by atoms with E-state index in [1.807, 2.05) is 23.1 Å². The van der Waals surface area contributed by atoms with Gasteiger partial charge in [-0.1, -0.05) is 30.3 Å². The number of amides is 2. The summed E-state index contributed by atoms with van der Waals surface area (Å²) in [5.41, 5.74) is 8.31. The van der Waals surface area contributed by atoms with Crippen molar-refractivity contribution in [3.05, 3.63) is 60.2 Å². The Kier molecular flexibility index (Phi) is 7.79. The van der Waals surface area contributed by atoms with Gasteiger partial charge in [-0.15, -0.1) is 0 Å². The van der Waals surface area contributed by atoms with E-state index >= 15 is 0 Å². The average Bonchev–Trinajstić information content (AvgIpc) is 2.62. The number of benzene rings is 2. The number of nitrogens with one attached hydrogen (secondary N) is 2. The molecule has 2 amide bonds. The lowest BCUT2D eigenvalue weighted by atomic mass is 10.1. The van der Waals surface area contributed by atoms with Crippen molar-refractivity contribution in [1.29, 1.82) is 0 Å². The van der Waals surface area contributed by atoms with E-state index in [-0.39, 0.29) is 18.4 Å². The van der Waals surface area contributed by atoms with Crippen molar-refractivity contribution in [2.75, 3.05) is 36.8 Å². The van der Waals surface area contributed by atoms with Crippen molar-refractivity contribution >= 4 is 23.2 Å². The van der Waals surface area contributed by atoms with Gasteiger partial charge in [0.25, 0.3) is 0 Å². The van der Waals surface area contributed by atoms with Gasteiger partial charge in [0.15, 0.2) is 0 Å². The summed E-state index contributed by atoms with van der Waals surface area (Å²) < 4.78 is 0. The van der Waals surface area contributed by atoms with Gasteiger partial charge in [0.2, 0.25) is 11.8 Å². The Hall–Kier alpha value is -2.70. The summed E-state index contributed by atoms with van der Waals surface area (Å²) in [5.74, 6) is -0.212. The zero-order valence-corrected chi connectivity index (χ0v) is 15.1. The van der Waals surface area contributed by atoms with Crippen molar-refractivity contribution in [3.8, 4) is 0 Å². The molecule has 0 aliphatic rings. The van der Waals surface area contributed by atoms with E-state index in [4.69, 9.17) is 5.73 Å². The summed E-state index contributed by atoms with van der Waals surface area (Å²) >= 11 is 0. The van der Waals surface area contributed by atoms with Gasteiger partial charge >= 0.3 is 0 Å². The second kappa shape index (κ2) is 10.3. The monoisotopic (exact) mass is 354 g/mol. The number of hydrogen-bond donors (Lipinski definition) is 3. The maximum Gasteiger partial charge on any atom is 0.238 e. The zero-order chi connectivity index (χ0) is 18.8. The smallest absolute Gasteiger partial charge is 0.238 e. The lowest BCUT2D eigenvalue weighted by molar-refractivity contribution is -0.117. The molecule has 4 N–H and O–H groups in total. The van der Waals surface area contributed by atoms with Gasteiger partial charge in [-0.2, -0.15) is 0 Å². The second-order valence-electron chi connectivity index (χ2n) is 6.11. The van der Waals surface area contributed by atoms with Crippen LogP contribution in [0, 0.1) is 0 Å². The first-order chi connectivity index (χ1) is 12.6. The Morgan fingerprint density at radius 2 is 1.54 bits per heavy atom. The van der Waals surface area contributed by atoms with E-state index in [0.29, 0.717) is 24.5 Å². The Labute approximate surface area is 154 Å². The first kappa shape index (κ1) is 19.6. The molecule has 6 nitrogen and oxygen atoms in total.